The fourth-order valence-corrected chi connectivity index (χ4v) is 3.09. The van der Waals surface area contributed by atoms with Crippen molar-refractivity contribution in [1.82, 2.24) is 25.1 Å². The van der Waals surface area contributed by atoms with Crippen LogP contribution in [0, 0.1) is 0 Å². The molecule has 2 aromatic heterocycles. The Morgan fingerprint density at radius 2 is 1.88 bits per heavy atom. The SMILES string of the molecule is CCCNC(=O)CSc1nnc(-c2ccncc2)n1-c1ccccc1. The zero-order chi connectivity index (χ0) is 17.5. The predicted molar refractivity (Wildman–Crippen MR) is 98.6 cm³/mol. The van der Waals surface area contributed by atoms with Gasteiger partial charge >= 0.3 is 0 Å². The minimum atomic E-state index is -0.0000715. The van der Waals surface area contributed by atoms with Crippen molar-refractivity contribution in [2.75, 3.05) is 12.3 Å². The molecule has 3 rings (SSSR count). The molecule has 0 aliphatic carbocycles. The van der Waals surface area contributed by atoms with Gasteiger partial charge in [-0.15, -0.1) is 10.2 Å². The molecule has 0 fully saturated rings. The third-order valence-corrected chi connectivity index (χ3v) is 4.42. The molecular weight excluding hydrogens is 334 g/mol. The maximum Gasteiger partial charge on any atom is 0.230 e. The number of para-hydroxylation sites is 1. The van der Waals surface area contributed by atoms with Gasteiger partial charge < -0.3 is 5.32 Å². The van der Waals surface area contributed by atoms with Gasteiger partial charge in [0.25, 0.3) is 0 Å². The first kappa shape index (κ1) is 17.2. The molecule has 3 aromatic rings. The molecule has 25 heavy (non-hydrogen) atoms. The Hall–Kier alpha value is -2.67. The summed E-state index contributed by atoms with van der Waals surface area (Å²) in [4.78, 5) is 16.0. The highest BCUT2D eigenvalue weighted by molar-refractivity contribution is 7.99. The van der Waals surface area contributed by atoms with E-state index in [1.807, 2.05) is 54.0 Å². The summed E-state index contributed by atoms with van der Waals surface area (Å²) in [7, 11) is 0. The zero-order valence-corrected chi connectivity index (χ0v) is 14.7. The number of thioether (sulfide) groups is 1. The monoisotopic (exact) mass is 353 g/mol. The molecule has 0 atom stereocenters. The highest BCUT2D eigenvalue weighted by Crippen LogP contribution is 2.27. The van der Waals surface area contributed by atoms with Gasteiger partial charge in [-0.2, -0.15) is 0 Å². The number of rotatable bonds is 7. The van der Waals surface area contributed by atoms with Crippen molar-refractivity contribution in [3.8, 4) is 17.1 Å². The normalized spacial score (nSPS) is 10.6. The maximum absolute atomic E-state index is 11.9. The van der Waals surface area contributed by atoms with E-state index in [0.29, 0.717) is 17.5 Å². The van der Waals surface area contributed by atoms with Gasteiger partial charge in [-0.25, -0.2) is 0 Å². The second kappa shape index (κ2) is 8.43. The molecule has 0 spiro atoms. The van der Waals surface area contributed by atoms with E-state index in [1.54, 1.807) is 12.4 Å². The number of benzene rings is 1. The van der Waals surface area contributed by atoms with E-state index in [1.165, 1.54) is 11.8 Å². The van der Waals surface area contributed by atoms with Crippen LogP contribution in [0.5, 0.6) is 0 Å². The summed E-state index contributed by atoms with van der Waals surface area (Å²) >= 11 is 1.38. The average Bonchev–Trinajstić information content (AvgIpc) is 3.10. The molecule has 1 amide bonds. The summed E-state index contributed by atoms with van der Waals surface area (Å²) < 4.78 is 1.97. The van der Waals surface area contributed by atoms with Gasteiger partial charge in [-0.05, 0) is 30.7 Å². The van der Waals surface area contributed by atoms with Crippen molar-refractivity contribution in [2.45, 2.75) is 18.5 Å². The third-order valence-electron chi connectivity index (χ3n) is 3.49. The first-order valence-electron chi connectivity index (χ1n) is 8.10. The average molecular weight is 353 g/mol. The quantitative estimate of drug-likeness (QED) is 0.661. The van der Waals surface area contributed by atoms with Gasteiger partial charge in [-0.1, -0.05) is 36.9 Å². The first-order chi connectivity index (χ1) is 12.3. The first-order valence-corrected chi connectivity index (χ1v) is 9.09. The number of nitrogens with zero attached hydrogens (tertiary/aromatic N) is 4. The molecule has 6 nitrogen and oxygen atoms in total. The molecule has 0 aliphatic heterocycles. The summed E-state index contributed by atoms with van der Waals surface area (Å²) in [5.74, 6) is 1.03. The van der Waals surface area contributed by atoms with Gasteiger partial charge in [0.1, 0.15) is 0 Å². The van der Waals surface area contributed by atoms with Gasteiger partial charge in [0.15, 0.2) is 11.0 Å². The molecule has 0 bridgehead atoms. The number of carbonyl (C=O) groups is 1. The molecule has 1 aromatic carbocycles. The molecule has 0 unspecified atom stereocenters. The molecule has 0 saturated carbocycles. The Bertz CT molecular complexity index is 820. The van der Waals surface area contributed by atoms with Gasteiger partial charge in [0.05, 0.1) is 5.75 Å². The van der Waals surface area contributed by atoms with Crippen LogP contribution >= 0.6 is 11.8 Å². The Labute approximate surface area is 150 Å². The third kappa shape index (κ3) is 4.24. The van der Waals surface area contributed by atoms with Gasteiger partial charge in [0.2, 0.25) is 5.91 Å². The van der Waals surface area contributed by atoms with Crippen LogP contribution in [0.1, 0.15) is 13.3 Å². The van der Waals surface area contributed by atoms with E-state index in [-0.39, 0.29) is 5.91 Å². The Morgan fingerprint density at radius 1 is 1.12 bits per heavy atom. The van der Waals surface area contributed by atoms with Crippen LogP contribution in [0.3, 0.4) is 0 Å². The minimum absolute atomic E-state index is 0.0000715. The molecule has 2 heterocycles. The lowest BCUT2D eigenvalue weighted by molar-refractivity contribution is -0.118. The number of nitrogens with one attached hydrogen (secondary N) is 1. The number of hydrogen-bond donors (Lipinski definition) is 1. The van der Waals surface area contributed by atoms with Crippen molar-refractivity contribution in [1.29, 1.82) is 0 Å². The molecule has 0 saturated heterocycles. The molecule has 128 valence electrons. The lowest BCUT2D eigenvalue weighted by Crippen LogP contribution is -2.25. The maximum atomic E-state index is 11.9. The predicted octanol–water partition coefficient (Wildman–Crippen LogP) is 2.95. The van der Waals surface area contributed by atoms with E-state index < -0.39 is 0 Å². The lowest BCUT2D eigenvalue weighted by Gasteiger charge is -2.10. The van der Waals surface area contributed by atoms with Crippen molar-refractivity contribution >= 4 is 17.7 Å². The standard InChI is InChI=1S/C18H19N5OS/c1-2-10-20-16(24)13-25-18-22-21-17(14-8-11-19-12-9-14)23(18)15-6-4-3-5-7-15/h3-9,11-12H,2,10,13H2,1H3,(H,20,24). The number of hydrogen-bond acceptors (Lipinski definition) is 5. The molecule has 1 N–H and O–H groups in total. The van der Waals surface area contributed by atoms with Crippen LogP contribution in [-0.4, -0.2) is 38.0 Å². The lowest BCUT2D eigenvalue weighted by atomic mass is 10.2. The van der Waals surface area contributed by atoms with E-state index >= 15 is 0 Å². The number of amides is 1. The molecule has 7 heteroatoms. The van der Waals surface area contributed by atoms with Crippen LogP contribution in [0.2, 0.25) is 0 Å². The van der Waals surface area contributed by atoms with Crippen LogP contribution in [0.15, 0.2) is 60.0 Å². The van der Waals surface area contributed by atoms with Crippen LogP contribution < -0.4 is 5.32 Å². The van der Waals surface area contributed by atoms with Crippen molar-refractivity contribution in [3.63, 3.8) is 0 Å². The topological polar surface area (TPSA) is 72.7 Å². The number of aromatic nitrogens is 4. The number of pyridine rings is 1. The highest BCUT2D eigenvalue weighted by atomic mass is 32.2. The van der Waals surface area contributed by atoms with Crippen LogP contribution in [-0.2, 0) is 4.79 Å². The largest absolute Gasteiger partial charge is 0.355 e. The Balaban J connectivity index is 1.91. The van der Waals surface area contributed by atoms with Crippen molar-refractivity contribution in [3.05, 3.63) is 54.9 Å². The summed E-state index contributed by atoms with van der Waals surface area (Å²) in [6.07, 6.45) is 4.37. The second-order valence-corrected chi connectivity index (χ2v) is 6.29. The Morgan fingerprint density at radius 3 is 2.60 bits per heavy atom. The van der Waals surface area contributed by atoms with E-state index in [2.05, 4.69) is 20.5 Å². The van der Waals surface area contributed by atoms with Crippen molar-refractivity contribution < 1.29 is 4.79 Å². The Kier molecular flexibility index (Phi) is 5.79. The fraction of sp³-hybridized carbons (Fsp3) is 0.222. The molecule has 0 aliphatic rings. The number of carbonyl (C=O) groups excluding carboxylic acids is 1. The van der Waals surface area contributed by atoms with E-state index in [4.69, 9.17) is 0 Å². The molecular formula is C18H19N5OS. The van der Waals surface area contributed by atoms with E-state index in [9.17, 15) is 4.79 Å². The van der Waals surface area contributed by atoms with Gasteiger partial charge in [0, 0.05) is 30.2 Å². The second-order valence-electron chi connectivity index (χ2n) is 5.35. The highest BCUT2D eigenvalue weighted by Gasteiger charge is 2.16. The molecule has 0 radical (unpaired) electrons. The fourth-order valence-electron chi connectivity index (χ4n) is 2.31. The minimum Gasteiger partial charge on any atom is -0.355 e. The van der Waals surface area contributed by atoms with Gasteiger partial charge in [-0.3, -0.25) is 14.3 Å². The smallest absolute Gasteiger partial charge is 0.230 e. The van der Waals surface area contributed by atoms with Crippen LogP contribution in [0.4, 0.5) is 0 Å². The summed E-state index contributed by atoms with van der Waals surface area (Å²) in [6, 6.07) is 13.7. The zero-order valence-electron chi connectivity index (χ0n) is 13.9. The van der Waals surface area contributed by atoms with Crippen molar-refractivity contribution in [2.24, 2.45) is 0 Å². The van der Waals surface area contributed by atoms with Crippen LogP contribution in [0.25, 0.3) is 17.1 Å². The summed E-state index contributed by atoms with van der Waals surface area (Å²) in [5, 5.41) is 12.2. The summed E-state index contributed by atoms with van der Waals surface area (Å²) in [5.41, 5.74) is 1.88. The summed E-state index contributed by atoms with van der Waals surface area (Å²) in [6.45, 7) is 2.72. The van der Waals surface area contributed by atoms with E-state index in [0.717, 1.165) is 23.5 Å².